The molecule has 0 N–H and O–H groups in total. The minimum Gasteiger partial charge on any atom is -0.378 e. The Balaban J connectivity index is 2.06. The molecule has 2 aromatic carbocycles. The number of rotatable bonds is 5. The summed E-state index contributed by atoms with van der Waals surface area (Å²) in [6.45, 7) is 2.72. The Morgan fingerprint density at radius 3 is 2.52 bits per heavy atom. The lowest BCUT2D eigenvalue weighted by Crippen LogP contribution is -2.17. The van der Waals surface area contributed by atoms with E-state index in [9.17, 15) is 14.9 Å². The van der Waals surface area contributed by atoms with Crippen molar-refractivity contribution in [2.24, 2.45) is 4.99 Å². The number of fused-ring (bicyclic) bond motifs is 1. The first-order chi connectivity index (χ1) is 12.9. The number of nitrogens with zero attached hydrogens (tertiary/aromatic N) is 4. The van der Waals surface area contributed by atoms with Gasteiger partial charge in [-0.3, -0.25) is 14.9 Å². The monoisotopic (exact) mass is 384 g/mol. The number of nitro benzene ring substituents is 1. The second-order valence-electron chi connectivity index (χ2n) is 6.30. The molecule has 27 heavy (non-hydrogen) atoms. The van der Waals surface area contributed by atoms with Crippen LogP contribution in [-0.2, 0) is 6.54 Å². The van der Waals surface area contributed by atoms with E-state index in [1.165, 1.54) is 23.5 Å². The van der Waals surface area contributed by atoms with Crippen molar-refractivity contribution in [3.63, 3.8) is 0 Å². The van der Waals surface area contributed by atoms with Gasteiger partial charge in [-0.05, 0) is 36.8 Å². The number of thiazole rings is 1. The number of anilines is 1. The molecule has 0 radical (unpaired) electrons. The molecule has 0 aliphatic heterocycles. The van der Waals surface area contributed by atoms with Gasteiger partial charge in [0.05, 0.1) is 15.1 Å². The maximum atomic E-state index is 12.6. The SMILES string of the molecule is CCCn1c(=NC(=O)c2ccc(N(C)C)cc2)sc2cc([N+](=O)[O-])ccc21. The van der Waals surface area contributed by atoms with E-state index in [1.54, 1.807) is 18.2 Å². The smallest absolute Gasteiger partial charge is 0.279 e. The Kier molecular flexibility index (Phi) is 5.36. The molecular weight excluding hydrogens is 364 g/mol. The summed E-state index contributed by atoms with van der Waals surface area (Å²) in [5.41, 5.74) is 2.39. The zero-order chi connectivity index (χ0) is 19.6. The van der Waals surface area contributed by atoms with Crippen LogP contribution in [0.3, 0.4) is 0 Å². The van der Waals surface area contributed by atoms with E-state index >= 15 is 0 Å². The molecule has 7 nitrogen and oxygen atoms in total. The molecule has 0 spiro atoms. The van der Waals surface area contributed by atoms with Gasteiger partial charge < -0.3 is 9.47 Å². The fourth-order valence-corrected chi connectivity index (χ4v) is 3.84. The van der Waals surface area contributed by atoms with Gasteiger partial charge in [0.1, 0.15) is 0 Å². The summed E-state index contributed by atoms with van der Waals surface area (Å²) in [6, 6.07) is 12.0. The van der Waals surface area contributed by atoms with Crippen LogP contribution in [0, 0.1) is 10.1 Å². The highest BCUT2D eigenvalue weighted by Crippen LogP contribution is 2.23. The van der Waals surface area contributed by atoms with Crippen LogP contribution < -0.4 is 9.70 Å². The Labute approximate surface area is 160 Å². The topological polar surface area (TPSA) is 80.7 Å². The average Bonchev–Trinajstić information content (AvgIpc) is 2.98. The maximum Gasteiger partial charge on any atom is 0.279 e. The number of aromatic nitrogens is 1. The number of hydrogen-bond acceptors (Lipinski definition) is 5. The highest BCUT2D eigenvalue weighted by molar-refractivity contribution is 7.16. The summed E-state index contributed by atoms with van der Waals surface area (Å²) in [4.78, 5) is 30.0. The molecule has 140 valence electrons. The minimum absolute atomic E-state index is 0.0320. The fourth-order valence-electron chi connectivity index (χ4n) is 2.75. The normalized spacial score (nSPS) is 11.7. The number of amides is 1. The van der Waals surface area contributed by atoms with Crippen molar-refractivity contribution in [2.45, 2.75) is 19.9 Å². The van der Waals surface area contributed by atoms with E-state index in [1.807, 2.05) is 42.6 Å². The molecule has 1 heterocycles. The van der Waals surface area contributed by atoms with Gasteiger partial charge in [0, 0.05) is 44.0 Å². The molecule has 0 unspecified atom stereocenters. The molecule has 8 heteroatoms. The molecular formula is C19H20N4O3S. The lowest BCUT2D eigenvalue weighted by Gasteiger charge is -2.11. The van der Waals surface area contributed by atoms with E-state index in [0.717, 1.165) is 22.3 Å². The van der Waals surface area contributed by atoms with Crippen molar-refractivity contribution >= 4 is 38.8 Å². The highest BCUT2D eigenvalue weighted by Gasteiger charge is 2.13. The van der Waals surface area contributed by atoms with Crippen molar-refractivity contribution in [3.05, 3.63) is 62.9 Å². The van der Waals surface area contributed by atoms with Crippen molar-refractivity contribution in [1.29, 1.82) is 0 Å². The van der Waals surface area contributed by atoms with Gasteiger partial charge in [-0.25, -0.2) is 0 Å². The van der Waals surface area contributed by atoms with Crippen LogP contribution in [0.2, 0.25) is 0 Å². The maximum absolute atomic E-state index is 12.6. The molecule has 0 atom stereocenters. The van der Waals surface area contributed by atoms with Crippen LogP contribution in [0.1, 0.15) is 23.7 Å². The third kappa shape index (κ3) is 3.90. The summed E-state index contributed by atoms with van der Waals surface area (Å²) in [6.07, 6.45) is 0.863. The third-order valence-electron chi connectivity index (χ3n) is 4.15. The summed E-state index contributed by atoms with van der Waals surface area (Å²) in [5.74, 6) is -0.328. The molecule has 0 fully saturated rings. The molecule has 0 aliphatic rings. The minimum atomic E-state index is -0.419. The van der Waals surface area contributed by atoms with Gasteiger partial charge in [0.25, 0.3) is 11.6 Å². The Morgan fingerprint density at radius 2 is 1.93 bits per heavy atom. The number of carbonyl (C=O) groups is 1. The lowest BCUT2D eigenvalue weighted by molar-refractivity contribution is -0.384. The first-order valence-electron chi connectivity index (χ1n) is 8.55. The lowest BCUT2D eigenvalue weighted by atomic mass is 10.2. The number of benzene rings is 2. The van der Waals surface area contributed by atoms with E-state index in [2.05, 4.69) is 4.99 Å². The first kappa shape index (κ1) is 18.8. The molecule has 1 aromatic heterocycles. The second kappa shape index (κ2) is 7.71. The molecule has 3 rings (SSSR count). The average molecular weight is 384 g/mol. The highest BCUT2D eigenvalue weighted by atomic mass is 32.1. The van der Waals surface area contributed by atoms with Gasteiger partial charge in [-0.1, -0.05) is 18.3 Å². The van der Waals surface area contributed by atoms with E-state index in [0.29, 0.717) is 16.9 Å². The molecule has 1 amide bonds. The Morgan fingerprint density at radius 1 is 1.22 bits per heavy atom. The number of non-ortho nitro benzene ring substituents is 1. The van der Waals surface area contributed by atoms with Crippen LogP contribution in [0.5, 0.6) is 0 Å². The van der Waals surface area contributed by atoms with Crippen LogP contribution in [0.4, 0.5) is 11.4 Å². The zero-order valence-corrected chi connectivity index (χ0v) is 16.2. The Hall–Kier alpha value is -3.00. The van der Waals surface area contributed by atoms with Gasteiger partial charge in [-0.2, -0.15) is 4.99 Å². The quantitative estimate of drug-likeness (QED) is 0.495. The second-order valence-corrected chi connectivity index (χ2v) is 7.31. The summed E-state index contributed by atoms with van der Waals surface area (Å²) >= 11 is 1.29. The van der Waals surface area contributed by atoms with E-state index in [4.69, 9.17) is 0 Å². The number of carbonyl (C=O) groups excluding carboxylic acids is 1. The largest absolute Gasteiger partial charge is 0.378 e. The van der Waals surface area contributed by atoms with Crippen LogP contribution in [0.15, 0.2) is 47.5 Å². The van der Waals surface area contributed by atoms with E-state index in [-0.39, 0.29) is 11.6 Å². The summed E-state index contributed by atoms with van der Waals surface area (Å²) in [7, 11) is 3.87. The van der Waals surface area contributed by atoms with Crippen molar-refractivity contribution in [2.75, 3.05) is 19.0 Å². The van der Waals surface area contributed by atoms with Crippen molar-refractivity contribution in [1.82, 2.24) is 4.57 Å². The number of nitro groups is 1. The molecule has 0 aliphatic carbocycles. The van der Waals surface area contributed by atoms with Crippen molar-refractivity contribution < 1.29 is 9.72 Å². The Bertz CT molecular complexity index is 1060. The fraction of sp³-hybridized carbons (Fsp3) is 0.263. The predicted octanol–water partition coefficient (Wildman–Crippen LogP) is 3.83. The molecule has 0 saturated carbocycles. The van der Waals surface area contributed by atoms with Gasteiger partial charge >= 0.3 is 0 Å². The van der Waals surface area contributed by atoms with Crippen LogP contribution >= 0.6 is 11.3 Å². The van der Waals surface area contributed by atoms with E-state index < -0.39 is 4.92 Å². The zero-order valence-electron chi connectivity index (χ0n) is 15.4. The number of aryl methyl sites for hydroxylation is 1. The summed E-state index contributed by atoms with van der Waals surface area (Å²) < 4.78 is 2.68. The standard InChI is InChI=1S/C19H20N4O3S/c1-4-11-22-16-10-9-15(23(25)26)12-17(16)27-19(22)20-18(24)13-5-7-14(8-6-13)21(2)3/h5-10,12H,4,11H2,1-3H3. The third-order valence-corrected chi connectivity index (χ3v) is 5.19. The first-order valence-corrected chi connectivity index (χ1v) is 9.36. The summed E-state index contributed by atoms with van der Waals surface area (Å²) in [5, 5.41) is 11.0. The van der Waals surface area contributed by atoms with Gasteiger partial charge in [-0.15, -0.1) is 0 Å². The van der Waals surface area contributed by atoms with Gasteiger partial charge in [0.2, 0.25) is 0 Å². The van der Waals surface area contributed by atoms with Crippen LogP contribution in [0.25, 0.3) is 10.2 Å². The molecule has 0 saturated heterocycles. The van der Waals surface area contributed by atoms with Crippen LogP contribution in [-0.4, -0.2) is 29.5 Å². The number of hydrogen-bond donors (Lipinski definition) is 0. The predicted molar refractivity (Wildman–Crippen MR) is 107 cm³/mol. The van der Waals surface area contributed by atoms with Crippen molar-refractivity contribution in [3.8, 4) is 0 Å². The molecule has 3 aromatic rings. The van der Waals surface area contributed by atoms with Gasteiger partial charge in [0.15, 0.2) is 4.80 Å². The molecule has 0 bridgehead atoms.